The lowest BCUT2D eigenvalue weighted by Crippen LogP contribution is -2.14. The standard InChI is InChI=1S/3C9H13N.2C8H12N2/c1-9(2,3)8-4-6-10-7-5-8;1-9(2,3)8-5-4-6-10-7-8;1-9(2,3)8-6-4-5-7-10-8;1-8(2,3)7-4-5-9-6-10-7;1-8(2,3)7-9-5-4-6-10-7/h3*4-7H,1-3H3;2*4-6H,1-3H3. The lowest BCUT2D eigenvalue weighted by molar-refractivity contribution is 0.545. The van der Waals surface area contributed by atoms with Gasteiger partial charge in [0.25, 0.3) is 0 Å². The molecule has 50 heavy (non-hydrogen) atoms. The Labute approximate surface area is 304 Å². The Kier molecular flexibility index (Phi) is 17.2. The van der Waals surface area contributed by atoms with E-state index in [1.807, 2.05) is 55.1 Å². The zero-order valence-corrected chi connectivity index (χ0v) is 33.5. The monoisotopic (exact) mass is 678 g/mol. The molecule has 0 fully saturated rings. The molecule has 270 valence electrons. The number of nitrogens with zero attached hydrogens (tertiary/aromatic N) is 7. The fraction of sp³-hybridized carbons (Fsp3) is 0.465. The normalized spacial score (nSPS) is 11.5. The van der Waals surface area contributed by atoms with Gasteiger partial charge in [-0.15, -0.1) is 0 Å². The molecule has 0 N–H and O–H groups in total. The number of pyridine rings is 3. The van der Waals surface area contributed by atoms with E-state index in [0.717, 1.165) is 17.2 Å². The van der Waals surface area contributed by atoms with Crippen molar-refractivity contribution in [3.63, 3.8) is 0 Å². The molecular formula is C43H63N7. The Morgan fingerprint density at radius 1 is 0.340 bits per heavy atom. The molecule has 5 rings (SSSR count). The van der Waals surface area contributed by atoms with E-state index in [2.05, 4.69) is 163 Å². The van der Waals surface area contributed by atoms with Crippen LogP contribution in [0.2, 0.25) is 0 Å². The first-order valence-corrected chi connectivity index (χ1v) is 17.3. The largest absolute Gasteiger partial charge is 0.265 e. The minimum Gasteiger partial charge on any atom is -0.265 e. The van der Waals surface area contributed by atoms with Crippen molar-refractivity contribution in [2.24, 2.45) is 0 Å². The number of rotatable bonds is 0. The molecule has 5 aromatic heterocycles. The molecule has 0 radical (unpaired) electrons. The van der Waals surface area contributed by atoms with Crippen LogP contribution < -0.4 is 0 Å². The summed E-state index contributed by atoms with van der Waals surface area (Å²) in [5, 5.41) is 0. The first kappa shape index (κ1) is 43.6. The third-order valence-electron chi connectivity index (χ3n) is 7.09. The second kappa shape index (κ2) is 19.7. The summed E-state index contributed by atoms with van der Waals surface area (Å²) in [6.45, 7) is 32.3. The Hall–Kier alpha value is -4.39. The van der Waals surface area contributed by atoms with Gasteiger partial charge in [0.2, 0.25) is 0 Å². The van der Waals surface area contributed by atoms with Crippen LogP contribution in [0.4, 0.5) is 0 Å². The summed E-state index contributed by atoms with van der Waals surface area (Å²) in [5.41, 5.74) is 5.73. The van der Waals surface area contributed by atoms with Crippen LogP contribution in [0.5, 0.6) is 0 Å². The Morgan fingerprint density at radius 2 is 0.860 bits per heavy atom. The van der Waals surface area contributed by atoms with Gasteiger partial charge in [-0.3, -0.25) is 15.0 Å². The van der Waals surface area contributed by atoms with Gasteiger partial charge in [0.15, 0.2) is 0 Å². The second-order valence-corrected chi connectivity index (χ2v) is 17.1. The van der Waals surface area contributed by atoms with Crippen LogP contribution in [0.3, 0.4) is 0 Å². The zero-order valence-electron chi connectivity index (χ0n) is 33.5. The predicted molar refractivity (Wildman–Crippen MR) is 210 cm³/mol. The lowest BCUT2D eigenvalue weighted by atomic mass is 9.88. The van der Waals surface area contributed by atoms with Crippen molar-refractivity contribution in [2.45, 2.75) is 131 Å². The van der Waals surface area contributed by atoms with Gasteiger partial charge in [-0.1, -0.05) is 116 Å². The SMILES string of the molecule is CC(C)(C)c1ccccn1.CC(C)(C)c1cccnc1.CC(C)(C)c1ccncc1.CC(C)(C)c1ccncn1.CC(C)(C)c1ncccn1. The molecule has 0 saturated carbocycles. The molecule has 5 aromatic rings. The number of hydrogen-bond donors (Lipinski definition) is 0. The van der Waals surface area contributed by atoms with Crippen LogP contribution >= 0.6 is 0 Å². The van der Waals surface area contributed by atoms with Gasteiger partial charge in [-0.25, -0.2) is 19.9 Å². The van der Waals surface area contributed by atoms with Gasteiger partial charge in [0, 0.05) is 77.2 Å². The van der Waals surface area contributed by atoms with Crippen LogP contribution in [0.15, 0.2) is 110 Å². The van der Waals surface area contributed by atoms with Crippen LogP contribution in [-0.4, -0.2) is 34.9 Å². The summed E-state index contributed by atoms with van der Waals surface area (Å²) >= 11 is 0. The first-order valence-electron chi connectivity index (χ1n) is 17.3. The van der Waals surface area contributed by atoms with Gasteiger partial charge in [-0.05, 0) is 64.4 Å². The molecule has 0 aliphatic rings. The maximum atomic E-state index is 4.25. The zero-order chi connectivity index (χ0) is 38.1. The van der Waals surface area contributed by atoms with E-state index < -0.39 is 0 Å². The average molecular weight is 678 g/mol. The summed E-state index contributed by atoms with van der Waals surface area (Å²) in [4.78, 5) is 28.5. The van der Waals surface area contributed by atoms with Crippen molar-refractivity contribution in [1.29, 1.82) is 0 Å². The van der Waals surface area contributed by atoms with E-state index >= 15 is 0 Å². The summed E-state index contributed by atoms with van der Waals surface area (Å²) in [7, 11) is 0. The Bertz CT molecular complexity index is 1270. The molecule has 0 aliphatic heterocycles. The van der Waals surface area contributed by atoms with E-state index in [0.29, 0.717) is 0 Å². The minimum absolute atomic E-state index is 0.0707. The van der Waals surface area contributed by atoms with Crippen LogP contribution in [-0.2, 0) is 27.1 Å². The summed E-state index contributed by atoms with van der Waals surface area (Å²) in [5.74, 6) is 0.898. The van der Waals surface area contributed by atoms with Gasteiger partial charge >= 0.3 is 0 Å². The van der Waals surface area contributed by atoms with E-state index in [9.17, 15) is 0 Å². The molecule has 5 heterocycles. The highest BCUT2D eigenvalue weighted by atomic mass is 14.9. The second-order valence-electron chi connectivity index (χ2n) is 17.1. The highest BCUT2D eigenvalue weighted by Crippen LogP contribution is 2.21. The van der Waals surface area contributed by atoms with Crippen molar-refractivity contribution in [3.05, 3.63) is 139 Å². The molecule has 0 spiro atoms. The topological polar surface area (TPSA) is 90.2 Å². The molecule has 0 aliphatic carbocycles. The Balaban J connectivity index is 0.000000312. The van der Waals surface area contributed by atoms with Crippen molar-refractivity contribution >= 4 is 0 Å². The fourth-order valence-electron chi connectivity index (χ4n) is 3.89. The van der Waals surface area contributed by atoms with Crippen molar-refractivity contribution < 1.29 is 0 Å². The minimum atomic E-state index is 0.0707. The highest BCUT2D eigenvalue weighted by Gasteiger charge is 2.16. The van der Waals surface area contributed by atoms with E-state index in [1.54, 1.807) is 31.1 Å². The molecule has 0 unspecified atom stereocenters. The molecule has 7 heteroatoms. The van der Waals surface area contributed by atoms with Crippen LogP contribution in [0, 0.1) is 0 Å². The fourth-order valence-corrected chi connectivity index (χ4v) is 3.89. The average Bonchev–Trinajstić information content (AvgIpc) is 3.06. The maximum Gasteiger partial charge on any atom is 0.133 e. The van der Waals surface area contributed by atoms with Crippen molar-refractivity contribution in [3.8, 4) is 0 Å². The van der Waals surface area contributed by atoms with Gasteiger partial charge in [0.05, 0.1) is 0 Å². The van der Waals surface area contributed by atoms with E-state index in [-0.39, 0.29) is 27.1 Å². The lowest BCUT2D eigenvalue weighted by Gasteiger charge is -2.17. The summed E-state index contributed by atoms with van der Waals surface area (Å²) in [6.07, 6.45) is 16.1. The van der Waals surface area contributed by atoms with Crippen molar-refractivity contribution in [2.75, 3.05) is 0 Å². The van der Waals surface area contributed by atoms with Gasteiger partial charge in [0.1, 0.15) is 12.2 Å². The highest BCUT2D eigenvalue weighted by molar-refractivity contribution is 5.19. The number of hydrogen-bond acceptors (Lipinski definition) is 7. The molecule has 0 aromatic carbocycles. The summed E-state index contributed by atoms with van der Waals surface area (Å²) in [6, 6.07) is 18.0. The smallest absolute Gasteiger partial charge is 0.133 e. The predicted octanol–water partition coefficient (Wildman–Crippen LogP) is 10.7. The first-order chi connectivity index (χ1) is 23.0. The van der Waals surface area contributed by atoms with Crippen LogP contribution in [0.1, 0.15) is 132 Å². The van der Waals surface area contributed by atoms with Gasteiger partial charge < -0.3 is 0 Å². The third kappa shape index (κ3) is 18.4. The third-order valence-corrected chi connectivity index (χ3v) is 7.09. The van der Waals surface area contributed by atoms with Crippen LogP contribution in [0.25, 0.3) is 0 Å². The Morgan fingerprint density at radius 3 is 1.16 bits per heavy atom. The number of aromatic nitrogens is 7. The summed E-state index contributed by atoms with van der Waals surface area (Å²) < 4.78 is 0. The molecule has 0 saturated heterocycles. The molecule has 7 nitrogen and oxygen atoms in total. The molecule has 0 atom stereocenters. The molecule has 0 amide bonds. The van der Waals surface area contributed by atoms with Crippen molar-refractivity contribution in [1.82, 2.24) is 34.9 Å². The molecular weight excluding hydrogens is 615 g/mol. The van der Waals surface area contributed by atoms with E-state index in [4.69, 9.17) is 0 Å². The molecule has 0 bridgehead atoms. The van der Waals surface area contributed by atoms with Gasteiger partial charge in [-0.2, -0.15) is 0 Å². The van der Waals surface area contributed by atoms with E-state index in [1.165, 1.54) is 11.1 Å². The maximum absolute atomic E-state index is 4.25. The quantitative estimate of drug-likeness (QED) is 0.161.